The van der Waals surface area contributed by atoms with Crippen molar-refractivity contribution in [1.29, 1.82) is 0 Å². The van der Waals surface area contributed by atoms with E-state index >= 15 is 0 Å². The zero-order valence-corrected chi connectivity index (χ0v) is 14.8. The Morgan fingerprint density at radius 2 is 2.04 bits per heavy atom. The van der Waals surface area contributed by atoms with Gasteiger partial charge >= 0.3 is 0 Å². The van der Waals surface area contributed by atoms with Crippen molar-refractivity contribution in [3.8, 4) is 0 Å². The molecule has 0 saturated carbocycles. The van der Waals surface area contributed by atoms with Crippen LogP contribution in [0.25, 0.3) is 0 Å². The van der Waals surface area contributed by atoms with Crippen LogP contribution >= 0.6 is 34.7 Å². The Labute approximate surface area is 147 Å². The van der Waals surface area contributed by atoms with Gasteiger partial charge in [0, 0.05) is 28.9 Å². The van der Waals surface area contributed by atoms with Gasteiger partial charge in [-0.3, -0.25) is 4.79 Å². The first-order chi connectivity index (χ1) is 11.1. The predicted molar refractivity (Wildman–Crippen MR) is 94.6 cm³/mol. The second-order valence-electron chi connectivity index (χ2n) is 4.93. The second kappa shape index (κ2) is 7.29. The van der Waals surface area contributed by atoms with E-state index in [4.69, 9.17) is 11.6 Å². The van der Waals surface area contributed by atoms with E-state index in [0.29, 0.717) is 16.3 Å². The molecule has 118 valence electrons. The quantitative estimate of drug-likeness (QED) is 0.488. The molecular formula is C16H14ClN3OS2. The number of Topliss-reactive ketones (excluding diaryl/α,β-unsaturated/α-hetero) is 1. The highest BCUT2D eigenvalue weighted by molar-refractivity contribution is 7.99. The number of hydrogen-bond donors (Lipinski definition) is 0. The molecular weight excluding hydrogens is 350 g/mol. The highest BCUT2D eigenvalue weighted by Crippen LogP contribution is 2.20. The molecule has 4 nitrogen and oxygen atoms in total. The zero-order chi connectivity index (χ0) is 16.2. The largest absolute Gasteiger partial charge is 0.309 e. The first-order valence-corrected chi connectivity index (χ1v) is 9.20. The van der Waals surface area contributed by atoms with Crippen LogP contribution in [0.1, 0.15) is 21.1 Å². The number of ketones is 1. The van der Waals surface area contributed by atoms with Crippen molar-refractivity contribution in [3.63, 3.8) is 0 Å². The molecule has 0 amide bonds. The maximum atomic E-state index is 12.2. The van der Waals surface area contributed by atoms with Crippen LogP contribution in [0.15, 0.2) is 46.9 Å². The molecule has 0 bridgehead atoms. The topological polar surface area (TPSA) is 47.8 Å². The third-order valence-corrected chi connectivity index (χ3v) is 5.48. The van der Waals surface area contributed by atoms with E-state index in [0.717, 1.165) is 17.4 Å². The summed E-state index contributed by atoms with van der Waals surface area (Å²) in [4.78, 5) is 13.4. The molecule has 0 unspecified atom stereocenters. The standard InChI is InChI=1S/C16H14ClN3OS2/c1-20-15(9-13-3-2-8-22-13)18-19-16(20)23-10-14(21)11-4-6-12(17)7-5-11/h2-8H,9-10H2,1H3. The number of thioether (sulfide) groups is 1. The van der Waals surface area contributed by atoms with Crippen molar-refractivity contribution >= 4 is 40.5 Å². The Hall–Kier alpha value is -1.63. The van der Waals surface area contributed by atoms with E-state index in [1.165, 1.54) is 16.6 Å². The van der Waals surface area contributed by atoms with Crippen molar-refractivity contribution in [3.05, 3.63) is 63.1 Å². The van der Waals surface area contributed by atoms with Crippen molar-refractivity contribution in [2.75, 3.05) is 5.75 Å². The third kappa shape index (κ3) is 4.02. The fraction of sp³-hybridized carbons (Fsp3) is 0.188. The maximum Gasteiger partial charge on any atom is 0.191 e. The van der Waals surface area contributed by atoms with Crippen LogP contribution in [0, 0.1) is 0 Å². The summed E-state index contributed by atoms with van der Waals surface area (Å²) in [6.07, 6.45) is 0.757. The van der Waals surface area contributed by atoms with Gasteiger partial charge in [0.2, 0.25) is 0 Å². The number of thiophene rings is 1. The van der Waals surface area contributed by atoms with E-state index in [-0.39, 0.29) is 5.78 Å². The first-order valence-electron chi connectivity index (χ1n) is 6.95. The average Bonchev–Trinajstić information content (AvgIpc) is 3.18. The number of carbonyl (C=O) groups is 1. The van der Waals surface area contributed by atoms with E-state index in [9.17, 15) is 4.79 Å². The van der Waals surface area contributed by atoms with E-state index < -0.39 is 0 Å². The Balaban J connectivity index is 1.63. The number of halogens is 1. The number of nitrogens with zero attached hydrogens (tertiary/aromatic N) is 3. The molecule has 0 aliphatic carbocycles. The van der Waals surface area contributed by atoms with Gasteiger partial charge in [0.25, 0.3) is 0 Å². The minimum Gasteiger partial charge on any atom is -0.309 e. The molecule has 0 N–H and O–H groups in total. The van der Waals surface area contributed by atoms with Gasteiger partial charge in [0.15, 0.2) is 10.9 Å². The van der Waals surface area contributed by atoms with Gasteiger partial charge in [-0.15, -0.1) is 21.5 Å². The summed E-state index contributed by atoms with van der Waals surface area (Å²) < 4.78 is 1.94. The predicted octanol–water partition coefficient (Wildman–Crippen LogP) is 4.10. The Kier molecular flexibility index (Phi) is 5.15. The van der Waals surface area contributed by atoms with Crippen molar-refractivity contribution < 1.29 is 4.79 Å². The summed E-state index contributed by atoms with van der Waals surface area (Å²) in [5.41, 5.74) is 0.655. The monoisotopic (exact) mass is 363 g/mol. The summed E-state index contributed by atoms with van der Waals surface area (Å²) in [6.45, 7) is 0. The minimum absolute atomic E-state index is 0.0504. The molecule has 1 aromatic carbocycles. The summed E-state index contributed by atoms with van der Waals surface area (Å²) in [5, 5.41) is 11.8. The number of carbonyl (C=O) groups excluding carboxylic acids is 1. The molecule has 0 radical (unpaired) electrons. The number of rotatable bonds is 6. The van der Waals surface area contributed by atoms with Gasteiger partial charge in [-0.05, 0) is 35.7 Å². The summed E-state index contributed by atoms with van der Waals surface area (Å²) in [7, 11) is 1.93. The van der Waals surface area contributed by atoms with Gasteiger partial charge < -0.3 is 4.57 Å². The average molecular weight is 364 g/mol. The van der Waals surface area contributed by atoms with E-state index in [2.05, 4.69) is 16.3 Å². The lowest BCUT2D eigenvalue weighted by Gasteiger charge is -2.03. The molecule has 2 heterocycles. The number of hydrogen-bond acceptors (Lipinski definition) is 5. The molecule has 0 aliphatic rings. The summed E-state index contributed by atoms with van der Waals surface area (Å²) in [5.74, 6) is 1.27. The number of aromatic nitrogens is 3. The first kappa shape index (κ1) is 16.2. The third-order valence-electron chi connectivity index (χ3n) is 3.34. The molecule has 0 aliphatic heterocycles. The van der Waals surface area contributed by atoms with Gasteiger partial charge in [-0.25, -0.2) is 0 Å². The molecule has 3 aromatic rings. The highest BCUT2D eigenvalue weighted by atomic mass is 35.5. The SMILES string of the molecule is Cn1c(Cc2cccs2)nnc1SCC(=O)c1ccc(Cl)cc1. The van der Waals surface area contributed by atoms with Crippen LogP contribution in [0.5, 0.6) is 0 Å². The lowest BCUT2D eigenvalue weighted by Crippen LogP contribution is -2.04. The smallest absolute Gasteiger partial charge is 0.191 e. The van der Waals surface area contributed by atoms with Crippen molar-refractivity contribution in [2.45, 2.75) is 11.6 Å². The van der Waals surface area contributed by atoms with Gasteiger partial charge in [-0.2, -0.15) is 0 Å². The number of benzene rings is 1. The van der Waals surface area contributed by atoms with Gasteiger partial charge in [0.1, 0.15) is 5.82 Å². The molecule has 0 atom stereocenters. The molecule has 0 saturated heterocycles. The summed E-state index contributed by atoms with van der Waals surface area (Å²) >= 11 is 8.93. The normalized spacial score (nSPS) is 10.9. The molecule has 3 rings (SSSR count). The lowest BCUT2D eigenvalue weighted by atomic mass is 10.1. The van der Waals surface area contributed by atoms with Gasteiger partial charge in [0.05, 0.1) is 5.75 Å². The van der Waals surface area contributed by atoms with Crippen LogP contribution in [0.3, 0.4) is 0 Å². The van der Waals surface area contributed by atoms with Crippen LogP contribution in [-0.2, 0) is 13.5 Å². The zero-order valence-electron chi connectivity index (χ0n) is 12.4. The van der Waals surface area contributed by atoms with Crippen LogP contribution < -0.4 is 0 Å². The van der Waals surface area contributed by atoms with Crippen molar-refractivity contribution in [2.24, 2.45) is 7.05 Å². The van der Waals surface area contributed by atoms with Crippen molar-refractivity contribution in [1.82, 2.24) is 14.8 Å². The fourth-order valence-corrected chi connectivity index (χ4v) is 3.69. The second-order valence-corrected chi connectivity index (χ2v) is 7.34. The Morgan fingerprint density at radius 3 is 2.74 bits per heavy atom. The maximum absolute atomic E-state index is 12.2. The van der Waals surface area contributed by atoms with Crippen LogP contribution in [0.4, 0.5) is 0 Å². The highest BCUT2D eigenvalue weighted by Gasteiger charge is 2.13. The lowest BCUT2D eigenvalue weighted by molar-refractivity contribution is 0.102. The molecule has 2 aromatic heterocycles. The molecule has 23 heavy (non-hydrogen) atoms. The van der Waals surface area contributed by atoms with Crippen LogP contribution in [-0.4, -0.2) is 26.3 Å². The molecule has 7 heteroatoms. The Morgan fingerprint density at radius 1 is 1.26 bits per heavy atom. The van der Waals surface area contributed by atoms with E-state index in [1.54, 1.807) is 35.6 Å². The minimum atomic E-state index is 0.0504. The summed E-state index contributed by atoms with van der Waals surface area (Å²) in [6, 6.07) is 11.0. The molecule has 0 spiro atoms. The van der Waals surface area contributed by atoms with Gasteiger partial charge in [-0.1, -0.05) is 29.4 Å². The molecule has 0 fully saturated rings. The van der Waals surface area contributed by atoms with Crippen LogP contribution in [0.2, 0.25) is 5.02 Å². The fourth-order valence-electron chi connectivity index (χ4n) is 2.04. The van der Waals surface area contributed by atoms with E-state index in [1.807, 2.05) is 23.1 Å². The Bertz CT molecular complexity index is 797.